The van der Waals surface area contributed by atoms with Crippen LogP contribution in [0, 0.1) is 5.82 Å². The number of hydrogen-bond donors (Lipinski definition) is 1. The van der Waals surface area contributed by atoms with Crippen LogP contribution in [0.1, 0.15) is 10.4 Å². The van der Waals surface area contributed by atoms with Crippen LogP contribution in [-0.4, -0.2) is 36.8 Å². The second-order valence-electron chi connectivity index (χ2n) is 6.60. The fraction of sp³-hybridized carbons (Fsp3) is 0.105. The van der Waals surface area contributed by atoms with E-state index in [2.05, 4.69) is 14.7 Å². The van der Waals surface area contributed by atoms with E-state index in [1.165, 1.54) is 35.2 Å². The largest absolute Gasteiger partial charge is 0.318 e. The van der Waals surface area contributed by atoms with Gasteiger partial charge in [-0.25, -0.2) is 17.8 Å². The van der Waals surface area contributed by atoms with Crippen LogP contribution in [0.15, 0.2) is 57.1 Å². The molecule has 0 bridgehead atoms. The first-order valence-corrected chi connectivity index (χ1v) is 12.1. The summed E-state index contributed by atoms with van der Waals surface area (Å²) in [5.41, 5.74) is 2.48. The summed E-state index contributed by atoms with van der Waals surface area (Å²) in [6.45, 7) is 0.342. The maximum atomic E-state index is 13.4. The molecule has 0 atom stereocenters. The van der Waals surface area contributed by atoms with E-state index >= 15 is 0 Å². The van der Waals surface area contributed by atoms with E-state index in [0.29, 0.717) is 33.7 Å². The molecule has 0 spiro atoms. The molecule has 0 aliphatic carbocycles. The molecule has 1 aromatic heterocycles. The van der Waals surface area contributed by atoms with E-state index in [4.69, 9.17) is 0 Å². The second kappa shape index (κ2) is 7.18. The van der Waals surface area contributed by atoms with Gasteiger partial charge in [-0.1, -0.05) is 12.1 Å². The van der Waals surface area contributed by atoms with Gasteiger partial charge >= 0.3 is 0 Å². The summed E-state index contributed by atoms with van der Waals surface area (Å²) in [6.07, 6.45) is 0. The predicted octanol–water partition coefficient (Wildman–Crippen LogP) is 3.81. The Morgan fingerprint density at radius 3 is 2.90 bits per heavy atom. The number of thiazole rings is 1. The third-order valence-corrected chi connectivity index (χ3v) is 7.64. The zero-order valence-corrected chi connectivity index (χ0v) is 17.7. The monoisotopic (exact) mass is 460 g/mol. The molecular weight excluding hydrogens is 447 g/mol. The topological polar surface area (TPSA) is 91.7 Å². The Kier molecular flexibility index (Phi) is 4.60. The molecule has 2 aliphatic rings. The normalized spacial score (nSPS) is 16.6. The van der Waals surface area contributed by atoms with Crippen LogP contribution < -0.4 is 10.2 Å². The first-order valence-electron chi connectivity index (χ1n) is 8.83. The highest BCUT2D eigenvalue weighted by molar-refractivity contribution is 8.15. The van der Waals surface area contributed by atoms with Gasteiger partial charge in [0.2, 0.25) is 0 Å². The molecule has 0 saturated heterocycles. The lowest BCUT2D eigenvalue weighted by Crippen LogP contribution is -2.35. The number of sulfonamides is 1. The maximum Gasteiger partial charge on any atom is 0.257 e. The van der Waals surface area contributed by atoms with E-state index in [1.54, 1.807) is 35.7 Å². The van der Waals surface area contributed by atoms with Gasteiger partial charge in [-0.2, -0.15) is 0 Å². The van der Waals surface area contributed by atoms with Gasteiger partial charge in [0.25, 0.3) is 15.9 Å². The molecule has 1 N–H and O–H groups in total. The van der Waals surface area contributed by atoms with Crippen molar-refractivity contribution >= 4 is 55.0 Å². The van der Waals surface area contributed by atoms with Crippen molar-refractivity contribution in [3.05, 3.63) is 59.2 Å². The minimum Gasteiger partial charge on any atom is -0.318 e. The number of amides is 1. The lowest BCUT2D eigenvalue weighted by molar-refractivity contribution is 0.102. The predicted molar refractivity (Wildman–Crippen MR) is 116 cm³/mol. The number of fused-ring (bicyclic) bond motifs is 3. The zero-order chi connectivity index (χ0) is 20.9. The molecule has 30 heavy (non-hydrogen) atoms. The number of thioether (sulfide) groups is 1. The molecule has 11 heteroatoms. The number of anilines is 2. The minimum atomic E-state index is -3.43. The highest BCUT2D eigenvalue weighted by atomic mass is 32.2. The smallest absolute Gasteiger partial charge is 0.257 e. The first-order chi connectivity index (χ1) is 14.4. The van der Waals surface area contributed by atoms with Crippen molar-refractivity contribution < 1.29 is 17.6 Å². The van der Waals surface area contributed by atoms with Crippen LogP contribution >= 0.6 is 23.1 Å². The van der Waals surface area contributed by atoms with E-state index in [9.17, 15) is 17.6 Å². The van der Waals surface area contributed by atoms with Gasteiger partial charge < -0.3 is 4.90 Å². The number of nitrogens with zero attached hydrogens (tertiary/aromatic N) is 3. The van der Waals surface area contributed by atoms with Crippen molar-refractivity contribution in [1.82, 2.24) is 4.98 Å². The third-order valence-electron chi connectivity index (χ3n) is 4.58. The lowest BCUT2D eigenvalue weighted by Gasteiger charge is -2.22. The number of halogens is 1. The van der Waals surface area contributed by atoms with Crippen molar-refractivity contribution in [2.45, 2.75) is 4.90 Å². The van der Waals surface area contributed by atoms with Gasteiger partial charge in [-0.15, -0.1) is 15.7 Å². The zero-order valence-electron chi connectivity index (χ0n) is 15.2. The molecule has 0 saturated carbocycles. The van der Waals surface area contributed by atoms with Gasteiger partial charge in [0.05, 0.1) is 17.1 Å². The van der Waals surface area contributed by atoms with E-state index < -0.39 is 10.0 Å². The van der Waals surface area contributed by atoms with Gasteiger partial charge in [-0.3, -0.25) is 10.1 Å². The maximum absolute atomic E-state index is 13.4. The number of amidine groups is 1. The minimum absolute atomic E-state index is 0.0313. The molecular formula is C19H13FN4O3S3. The standard InChI is InChI=1S/C19H13FN4O3S3/c20-13-3-1-2-11(8-13)14-10-28-18(21-14)22-17(25)12-4-5-15-16(9-12)29-19-23-30(26,27)7-6-24(15)19/h1-5,8-10H,6-7H2,(H,21,22,25). The van der Waals surface area contributed by atoms with Gasteiger partial charge in [0.1, 0.15) is 5.82 Å². The Labute approximate surface area is 179 Å². The molecule has 3 aromatic rings. The quantitative estimate of drug-likeness (QED) is 0.639. The Hall–Kier alpha value is -2.76. The van der Waals surface area contributed by atoms with Crippen molar-refractivity contribution in [2.75, 3.05) is 22.5 Å². The summed E-state index contributed by atoms with van der Waals surface area (Å²) in [5, 5.41) is 5.32. The molecule has 2 aromatic carbocycles. The molecule has 7 nitrogen and oxygen atoms in total. The number of aromatic nitrogens is 1. The fourth-order valence-electron chi connectivity index (χ4n) is 3.15. The molecule has 3 heterocycles. The van der Waals surface area contributed by atoms with Crippen LogP contribution in [0.2, 0.25) is 0 Å². The summed E-state index contributed by atoms with van der Waals surface area (Å²) in [4.78, 5) is 19.7. The Bertz CT molecular complexity index is 1320. The highest BCUT2D eigenvalue weighted by Crippen LogP contribution is 2.42. The SMILES string of the molecule is O=C(Nc1nc(-c2cccc(F)c2)cs1)c1ccc2c(c1)SC1=NS(=O)(=O)CCN12. The van der Waals surface area contributed by atoms with Crippen molar-refractivity contribution in [2.24, 2.45) is 4.40 Å². The molecule has 1 amide bonds. The van der Waals surface area contributed by atoms with Crippen molar-refractivity contribution in [3.8, 4) is 11.3 Å². The summed E-state index contributed by atoms with van der Waals surface area (Å²) < 4.78 is 40.7. The van der Waals surface area contributed by atoms with Crippen molar-refractivity contribution in [3.63, 3.8) is 0 Å². The molecule has 152 valence electrons. The van der Waals surface area contributed by atoms with Crippen LogP contribution in [0.3, 0.4) is 0 Å². The van der Waals surface area contributed by atoms with E-state index in [0.717, 1.165) is 10.6 Å². The Balaban J connectivity index is 1.35. The van der Waals surface area contributed by atoms with Gasteiger partial charge in [-0.05, 0) is 42.1 Å². The van der Waals surface area contributed by atoms with Gasteiger partial charge in [0.15, 0.2) is 10.3 Å². The summed E-state index contributed by atoms with van der Waals surface area (Å²) in [7, 11) is -3.43. The molecule has 0 radical (unpaired) electrons. The second-order valence-corrected chi connectivity index (χ2v) is 10.2. The number of hydrogen-bond acceptors (Lipinski definition) is 7. The number of rotatable bonds is 3. The van der Waals surface area contributed by atoms with E-state index in [-0.39, 0.29) is 17.5 Å². The summed E-state index contributed by atoms with van der Waals surface area (Å²) in [6, 6.07) is 11.3. The number of benzene rings is 2. The number of nitrogens with one attached hydrogen (secondary N) is 1. The number of carbonyl (C=O) groups is 1. The van der Waals surface area contributed by atoms with Crippen LogP contribution in [0.25, 0.3) is 11.3 Å². The van der Waals surface area contributed by atoms with E-state index in [1.807, 2.05) is 4.90 Å². The summed E-state index contributed by atoms with van der Waals surface area (Å²) in [5.74, 6) is -0.718. The average Bonchev–Trinajstić information content (AvgIpc) is 3.30. The molecule has 2 aliphatic heterocycles. The Morgan fingerprint density at radius 2 is 2.07 bits per heavy atom. The Morgan fingerprint density at radius 1 is 1.20 bits per heavy atom. The van der Waals surface area contributed by atoms with Crippen LogP contribution in [0.4, 0.5) is 15.2 Å². The lowest BCUT2D eigenvalue weighted by atomic mass is 10.2. The van der Waals surface area contributed by atoms with Gasteiger partial charge in [0, 0.05) is 27.9 Å². The number of carbonyl (C=O) groups excluding carboxylic acids is 1. The fourth-order valence-corrected chi connectivity index (χ4v) is 6.16. The third kappa shape index (κ3) is 3.59. The van der Waals surface area contributed by atoms with Crippen LogP contribution in [0.5, 0.6) is 0 Å². The van der Waals surface area contributed by atoms with Crippen LogP contribution in [-0.2, 0) is 10.0 Å². The highest BCUT2D eigenvalue weighted by Gasteiger charge is 2.33. The summed E-state index contributed by atoms with van der Waals surface area (Å²) >= 11 is 2.48. The molecule has 0 unspecified atom stereocenters. The molecule has 0 fully saturated rings. The molecule has 5 rings (SSSR count). The average molecular weight is 461 g/mol. The first kappa shape index (κ1) is 19.2. The van der Waals surface area contributed by atoms with Crippen molar-refractivity contribution in [1.29, 1.82) is 0 Å².